The van der Waals surface area contributed by atoms with E-state index in [2.05, 4.69) is 0 Å². The van der Waals surface area contributed by atoms with Gasteiger partial charge in [0.05, 0.1) is 19.6 Å². The van der Waals surface area contributed by atoms with Gasteiger partial charge in [0.1, 0.15) is 11.8 Å². The van der Waals surface area contributed by atoms with Crippen molar-refractivity contribution in [2.75, 3.05) is 72.0 Å². The second kappa shape index (κ2) is 14.9. The normalized spacial score (nSPS) is 19.5. The first-order valence-corrected chi connectivity index (χ1v) is 11.5. The molecule has 33 heavy (non-hydrogen) atoms. The van der Waals surface area contributed by atoms with Crippen LogP contribution in [0.5, 0.6) is 0 Å². The van der Waals surface area contributed by atoms with Crippen LogP contribution < -0.4 is 0 Å². The van der Waals surface area contributed by atoms with Crippen molar-refractivity contribution in [1.29, 1.82) is 0 Å². The summed E-state index contributed by atoms with van der Waals surface area (Å²) in [5.74, 6) is -2.51. The highest BCUT2D eigenvalue weighted by atomic mass is 16.4. The number of carboxylic acids is 3. The van der Waals surface area contributed by atoms with Gasteiger partial charge in [-0.05, 0) is 25.7 Å². The smallest absolute Gasteiger partial charge is 0.320 e. The Morgan fingerprint density at radius 2 is 1.06 bits per heavy atom. The van der Waals surface area contributed by atoms with Crippen LogP contribution >= 0.6 is 0 Å². The van der Waals surface area contributed by atoms with Gasteiger partial charge in [0.2, 0.25) is 0 Å². The molecule has 0 aliphatic carbocycles. The Bertz CT molecular complexity index is 627. The molecule has 3 N–H and O–H groups in total. The van der Waals surface area contributed by atoms with Crippen LogP contribution in [0.25, 0.3) is 0 Å². The summed E-state index contributed by atoms with van der Waals surface area (Å²) in [6.45, 7) is 8.62. The molecule has 0 saturated carbocycles. The topological polar surface area (TPSA) is 142 Å². The van der Waals surface area contributed by atoms with Crippen molar-refractivity contribution in [2.24, 2.45) is 5.92 Å². The van der Waals surface area contributed by atoms with Crippen molar-refractivity contribution < 1.29 is 34.5 Å². The molecule has 190 valence electrons. The molecule has 0 aromatic rings. The van der Waals surface area contributed by atoms with E-state index in [1.54, 1.807) is 9.80 Å². The predicted octanol–water partition coefficient (Wildman–Crippen LogP) is -0.144. The van der Waals surface area contributed by atoms with Crippen LogP contribution in [-0.2, 0) is 19.2 Å². The van der Waals surface area contributed by atoms with E-state index in [-0.39, 0.29) is 25.4 Å². The highest BCUT2D eigenvalue weighted by Gasteiger charge is 2.27. The number of carboxylic acid groups (broad SMARTS) is 3. The lowest BCUT2D eigenvalue weighted by molar-refractivity contribution is -0.144. The lowest BCUT2D eigenvalue weighted by Gasteiger charge is -2.35. The van der Waals surface area contributed by atoms with E-state index in [1.165, 1.54) is 6.92 Å². The predicted molar refractivity (Wildman–Crippen MR) is 122 cm³/mol. The van der Waals surface area contributed by atoms with E-state index < -0.39 is 23.9 Å². The number of hydrogen-bond donors (Lipinski definition) is 3. The number of aliphatic carboxylic acids is 3. The third-order valence-electron chi connectivity index (χ3n) is 5.78. The van der Waals surface area contributed by atoms with Crippen molar-refractivity contribution in [3.05, 3.63) is 0 Å². The summed E-state index contributed by atoms with van der Waals surface area (Å²) >= 11 is 0. The molecule has 0 amide bonds. The molecule has 1 saturated heterocycles. The molecule has 1 aliphatic heterocycles. The second-order valence-electron chi connectivity index (χ2n) is 9.18. The maximum Gasteiger partial charge on any atom is 0.320 e. The van der Waals surface area contributed by atoms with Gasteiger partial charge in [0.15, 0.2) is 0 Å². The number of rotatable bonds is 11. The molecule has 1 aliphatic rings. The van der Waals surface area contributed by atoms with Crippen LogP contribution in [0.2, 0.25) is 0 Å². The van der Waals surface area contributed by atoms with Gasteiger partial charge in [-0.25, -0.2) is 0 Å². The van der Waals surface area contributed by atoms with E-state index in [0.29, 0.717) is 64.7 Å². The summed E-state index contributed by atoms with van der Waals surface area (Å²) in [6, 6.07) is -0.690. The van der Waals surface area contributed by atoms with E-state index in [4.69, 9.17) is 0 Å². The Balaban J connectivity index is 3.10. The molecule has 1 heterocycles. The monoisotopic (exact) mass is 472 g/mol. The highest BCUT2D eigenvalue weighted by Crippen LogP contribution is 2.14. The molecule has 0 aromatic heterocycles. The van der Waals surface area contributed by atoms with Gasteiger partial charge in [0.25, 0.3) is 0 Å². The average molecular weight is 473 g/mol. The molecule has 1 unspecified atom stereocenters. The van der Waals surface area contributed by atoms with Crippen LogP contribution in [0.4, 0.5) is 0 Å². The van der Waals surface area contributed by atoms with Crippen molar-refractivity contribution in [1.82, 2.24) is 19.6 Å². The third kappa shape index (κ3) is 12.7. The van der Waals surface area contributed by atoms with Crippen LogP contribution in [0.1, 0.15) is 33.6 Å². The Kier molecular flexibility index (Phi) is 13.1. The lowest BCUT2D eigenvalue weighted by atomic mass is 10.0. The minimum Gasteiger partial charge on any atom is -0.480 e. The van der Waals surface area contributed by atoms with Gasteiger partial charge in [-0.1, -0.05) is 13.8 Å². The molecule has 0 aromatic carbocycles. The average Bonchev–Trinajstić information content (AvgIpc) is 2.67. The summed E-state index contributed by atoms with van der Waals surface area (Å²) in [4.78, 5) is 53.7. The molecule has 11 nitrogen and oxygen atoms in total. The maximum atomic E-state index is 12.1. The van der Waals surface area contributed by atoms with Crippen LogP contribution in [0.15, 0.2) is 0 Å². The fourth-order valence-corrected chi connectivity index (χ4v) is 3.99. The largest absolute Gasteiger partial charge is 0.480 e. The minimum atomic E-state index is -0.986. The summed E-state index contributed by atoms with van der Waals surface area (Å²) in [5.41, 5.74) is 0. The summed E-state index contributed by atoms with van der Waals surface area (Å²) in [7, 11) is 0. The second-order valence-corrected chi connectivity index (χ2v) is 9.18. The Labute approximate surface area is 195 Å². The highest BCUT2D eigenvalue weighted by molar-refractivity contribution is 5.77. The fraction of sp³-hybridized carbons (Fsp3) is 0.818. The molecule has 0 bridgehead atoms. The standard InChI is InChI=1S/C22H40N4O7/c1-17(2)4-5-19(22(32)33)26-12-10-23(14-18(3)27)6-7-24(15-20(28)29)8-9-25(11-13-26)16-21(30)31/h17,19H,4-16H2,1-3H3,(H,28,29)(H,30,31)(H,32,33). The number of hydrogen-bond acceptors (Lipinski definition) is 8. The SMILES string of the molecule is CC(=O)CN1CCN(CC(=O)O)CCN(CC(=O)O)CCN(C(CCC(C)C)C(=O)O)CC1. The number of Topliss-reactive ketones (excluding diaryl/α,β-unsaturated/α-hetero) is 1. The van der Waals surface area contributed by atoms with E-state index >= 15 is 0 Å². The lowest BCUT2D eigenvalue weighted by Crippen LogP contribution is -2.51. The fourth-order valence-electron chi connectivity index (χ4n) is 3.99. The third-order valence-corrected chi connectivity index (χ3v) is 5.78. The number of ketones is 1. The van der Waals surface area contributed by atoms with Gasteiger partial charge in [-0.2, -0.15) is 0 Å². The zero-order valence-corrected chi connectivity index (χ0v) is 20.1. The van der Waals surface area contributed by atoms with Crippen molar-refractivity contribution >= 4 is 23.7 Å². The van der Waals surface area contributed by atoms with Gasteiger partial charge < -0.3 is 15.3 Å². The first-order valence-electron chi connectivity index (χ1n) is 11.5. The zero-order chi connectivity index (χ0) is 25.0. The first kappa shape index (κ1) is 29.0. The Morgan fingerprint density at radius 3 is 1.39 bits per heavy atom. The van der Waals surface area contributed by atoms with Gasteiger partial charge in [0, 0.05) is 52.4 Å². The molecular formula is C22H40N4O7. The van der Waals surface area contributed by atoms with Crippen molar-refractivity contribution in [2.45, 2.75) is 39.7 Å². The van der Waals surface area contributed by atoms with Crippen molar-refractivity contribution in [3.8, 4) is 0 Å². The van der Waals surface area contributed by atoms with Gasteiger partial charge >= 0.3 is 17.9 Å². The van der Waals surface area contributed by atoms with E-state index in [1.807, 2.05) is 23.6 Å². The minimum absolute atomic E-state index is 0.0133. The molecule has 1 atom stereocenters. The van der Waals surface area contributed by atoms with Crippen LogP contribution in [-0.4, -0.2) is 137 Å². The molecule has 1 rings (SSSR count). The number of carbonyl (C=O) groups excluding carboxylic acids is 1. The van der Waals surface area contributed by atoms with Crippen LogP contribution in [0, 0.1) is 5.92 Å². The van der Waals surface area contributed by atoms with Crippen LogP contribution in [0.3, 0.4) is 0 Å². The van der Waals surface area contributed by atoms with Crippen molar-refractivity contribution in [3.63, 3.8) is 0 Å². The molecule has 0 spiro atoms. The maximum absolute atomic E-state index is 12.1. The quantitative estimate of drug-likeness (QED) is 0.370. The molecule has 11 heteroatoms. The summed E-state index contributed by atoms with van der Waals surface area (Å²) in [5, 5.41) is 28.4. The van der Waals surface area contributed by atoms with Gasteiger partial charge in [-0.3, -0.25) is 38.8 Å². The Morgan fingerprint density at radius 1 is 0.667 bits per heavy atom. The van der Waals surface area contributed by atoms with Gasteiger partial charge in [-0.15, -0.1) is 0 Å². The zero-order valence-electron chi connectivity index (χ0n) is 20.1. The van der Waals surface area contributed by atoms with E-state index in [0.717, 1.165) is 6.42 Å². The number of nitrogens with zero attached hydrogens (tertiary/aromatic N) is 4. The molecule has 1 fully saturated rings. The summed E-state index contributed by atoms with van der Waals surface area (Å²) < 4.78 is 0. The van der Waals surface area contributed by atoms with E-state index in [9.17, 15) is 34.5 Å². The summed E-state index contributed by atoms with van der Waals surface area (Å²) in [6.07, 6.45) is 1.25. The Hall–Kier alpha value is -2.08. The number of carbonyl (C=O) groups is 4. The molecular weight excluding hydrogens is 432 g/mol. The first-order chi connectivity index (χ1) is 15.5. The molecule has 0 radical (unpaired) electrons.